The maximum Gasteiger partial charge on any atom is 0.174 e. The summed E-state index contributed by atoms with van der Waals surface area (Å²) in [5.41, 5.74) is 6.60. The van der Waals surface area contributed by atoms with Crippen molar-refractivity contribution in [2.45, 2.75) is 18.2 Å². The van der Waals surface area contributed by atoms with Gasteiger partial charge in [0, 0.05) is 18.6 Å². The molecule has 2 heterocycles. The molecule has 102 valence electrons. The van der Waals surface area contributed by atoms with Crippen LogP contribution in [0.2, 0.25) is 0 Å². The van der Waals surface area contributed by atoms with Crippen LogP contribution in [0.4, 0.5) is 5.82 Å². The van der Waals surface area contributed by atoms with E-state index in [-0.39, 0.29) is 0 Å². The Balaban J connectivity index is 2.04. The van der Waals surface area contributed by atoms with Gasteiger partial charge in [0.05, 0.1) is 12.2 Å². The van der Waals surface area contributed by atoms with E-state index in [2.05, 4.69) is 20.2 Å². The molecule has 2 aromatic heterocycles. The highest BCUT2D eigenvalue weighted by atomic mass is 32.2. The summed E-state index contributed by atoms with van der Waals surface area (Å²) in [5, 5.41) is 8.99. The summed E-state index contributed by atoms with van der Waals surface area (Å²) in [7, 11) is 0. The van der Waals surface area contributed by atoms with Gasteiger partial charge in [-0.2, -0.15) is 0 Å². The summed E-state index contributed by atoms with van der Waals surface area (Å²) < 4.78 is 6.17. The van der Waals surface area contributed by atoms with Crippen LogP contribution in [0.5, 0.6) is 0 Å². The molecule has 2 aromatic rings. The van der Waals surface area contributed by atoms with Crippen molar-refractivity contribution in [1.82, 2.24) is 20.2 Å². The minimum absolute atomic E-state index is 0.439. The van der Waals surface area contributed by atoms with E-state index in [4.69, 9.17) is 10.5 Å². The Bertz CT molecular complexity index is 546. The molecule has 0 unspecified atom stereocenters. The fourth-order valence-electron chi connectivity index (χ4n) is 1.36. The van der Waals surface area contributed by atoms with E-state index in [1.807, 2.05) is 6.92 Å². The lowest BCUT2D eigenvalue weighted by molar-refractivity contribution is 0.164. The number of aryl methyl sites for hydroxylation is 1. The summed E-state index contributed by atoms with van der Waals surface area (Å²) >= 11 is 3.11. The first-order chi connectivity index (χ1) is 9.20. The van der Waals surface area contributed by atoms with E-state index in [1.165, 1.54) is 11.3 Å². The van der Waals surface area contributed by atoms with E-state index >= 15 is 0 Å². The van der Waals surface area contributed by atoms with Gasteiger partial charge in [-0.05, 0) is 13.8 Å². The summed E-state index contributed by atoms with van der Waals surface area (Å²) in [6.45, 7) is 5.23. The molecule has 0 aliphatic carbocycles. The van der Waals surface area contributed by atoms with Crippen molar-refractivity contribution < 1.29 is 4.74 Å². The SMILES string of the molecule is CCOCCSc1nnc(-c2cnc(C)nc2N)s1. The lowest BCUT2D eigenvalue weighted by atomic mass is 10.3. The van der Waals surface area contributed by atoms with Crippen molar-refractivity contribution in [1.29, 1.82) is 0 Å². The number of hydrogen-bond acceptors (Lipinski definition) is 8. The lowest BCUT2D eigenvalue weighted by Gasteiger charge is -2.00. The van der Waals surface area contributed by atoms with Crippen LogP contribution in [0.15, 0.2) is 10.5 Å². The number of ether oxygens (including phenoxy) is 1. The van der Waals surface area contributed by atoms with E-state index in [9.17, 15) is 0 Å². The van der Waals surface area contributed by atoms with Gasteiger partial charge in [0.1, 0.15) is 11.6 Å². The summed E-state index contributed by atoms with van der Waals surface area (Å²) in [6, 6.07) is 0. The van der Waals surface area contributed by atoms with Crippen LogP contribution >= 0.6 is 23.1 Å². The first-order valence-corrected chi connectivity index (χ1v) is 7.64. The fourth-order valence-corrected chi connectivity index (χ4v) is 3.15. The molecule has 0 radical (unpaired) electrons. The lowest BCUT2D eigenvalue weighted by Crippen LogP contribution is -1.97. The monoisotopic (exact) mass is 297 g/mol. The second-order valence-corrected chi connectivity index (χ2v) is 5.95. The third-order valence-corrected chi connectivity index (χ3v) is 4.29. The van der Waals surface area contributed by atoms with Crippen molar-refractivity contribution in [2.24, 2.45) is 0 Å². The summed E-state index contributed by atoms with van der Waals surface area (Å²) in [4.78, 5) is 8.26. The zero-order valence-corrected chi connectivity index (χ0v) is 12.4. The van der Waals surface area contributed by atoms with Crippen LogP contribution in [0.3, 0.4) is 0 Å². The van der Waals surface area contributed by atoms with Gasteiger partial charge < -0.3 is 10.5 Å². The minimum Gasteiger partial charge on any atom is -0.383 e. The molecule has 6 nitrogen and oxygen atoms in total. The van der Waals surface area contributed by atoms with E-state index in [1.54, 1.807) is 24.9 Å². The Kier molecular flexibility index (Phi) is 5.06. The van der Waals surface area contributed by atoms with Crippen LogP contribution in [-0.2, 0) is 4.74 Å². The van der Waals surface area contributed by atoms with Crippen LogP contribution in [0.25, 0.3) is 10.6 Å². The number of hydrogen-bond donors (Lipinski definition) is 1. The predicted molar refractivity (Wildman–Crippen MR) is 77.3 cm³/mol. The van der Waals surface area contributed by atoms with Crippen LogP contribution in [0, 0.1) is 6.92 Å². The quantitative estimate of drug-likeness (QED) is 0.644. The number of rotatable bonds is 6. The van der Waals surface area contributed by atoms with Gasteiger partial charge in [0.15, 0.2) is 9.35 Å². The van der Waals surface area contributed by atoms with Gasteiger partial charge in [-0.1, -0.05) is 23.1 Å². The molecule has 2 rings (SSSR count). The highest BCUT2D eigenvalue weighted by Gasteiger charge is 2.11. The Hall–Kier alpha value is -1.25. The van der Waals surface area contributed by atoms with Gasteiger partial charge >= 0.3 is 0 Å². The highest BCUT2D eigenvalue weighted by molar-refractivity contribution is 8.01. The number of nitrogens with two attached hydrogens (primary N) is 1. The average Bonchev–Trinajstić information content (AvgIpc) is 2.83. The van der Waals surface area contributed by atoms with Gasteiger partial charge in [-0.25, -0.2) is 9.97 Å². The highest BCUT2D eigenvalue weighted by Crippen LogP contribution is 2.31. The van der Waals surface area contributed by atoms with Gasteiger partial charge in [0.25, 0.3) is 0 Å². The molecule has 0 bridgehead atoms. The third kappa shape index (κ3) is 3.85. The molecule has 19 heavy (non-hydrogen) atoms. The first kappa shape index (κ1) is 14.2. The minimum atomic E-state index is 0.439. The molecule has 2 N–H and O–H groups in total. The van der Waals surface area contributed by atoms with Gasteiger partial charge in [-0.15, -0.1) is 10.2 Å². The van der Waals surface area contributed by atoms with Crippen LogP contribution in [-0.4, -0.2) is 39.1 Å². The molecule has 0 spiro atoms. The zero-order chi connectivity index (χ0) is 13.7. The van der Waals surface area contributed by atoms with Crippen molar-refractivity contribution >= 4 is 28.9 Å². The molecule has 0 atom stereocenters. The first-order valence-electron chi connectivity index (χ1n) is 5.84. The topological polar surface area (TPSA) is 86.8 Å². The van der Waals surface area contributed by atoms with Crippen molar-refractivity contribution in [3.8, 4) is 10.6 Å². The number of thioether (sulfide) groups is 1. The molecule has 0 aromatic carbocycles. The molecule has 0 aliphatic heterocycles. The van der Waals surface area contributed by atoms with E-state index < -0.39 is 0 Å². The Morgan fingerprint density at radius 3 is 3.00 bits per heavy atom. The third-order valence-electron chi connectivity index (χ3n) is 2.23. The Morgan fingerprint density at radius 2 is 2.26 bits per heavy atom. The van der Waals surface area contributed by atoms with Crippen molar-refractivity contribution in [3.63, 3.8) is 0 Å². The zero-order valence-electron chi connectivity index (χ0n) is 10.8. The van der Waals surface area contributed by atoms with E-state index in [0.29, 0.717) is 18.2 Å². The molecule has 0 fully saturated rings. The molecular weight excluding hydrogens is 282 g/mol. The standard InChI is InChI=1S/C11H15N5OS2/c1-3-17-4-5-18-11-16-15-10(19-11)8-6-13-7(2)14-9(8)12/h6H,3-5H2,1-2H3,(H2,12,13,14). The summed E-state index contributed by atoms with van der Waals surface area (Å²) in [6.07, 6.45) is 1.69. The number of nitrogen functional groups attached to an aromatic ring is 1. The van der Waals surface area contributed by atoms with Gasteiger partial charge in [-0.3, -0.25) is 0 Å². The molecule has 0 saturated heterocycles. The van der Waals surface area contributed by atoms with Crippen molar-refractivity contribution in [2.75, 3.05) is 24.7 Å². The largest absolute Gasteiger partial charge is 0.383 e. The smallest absolute Gasteiger partial charge is 0.174 e. The average molecular weight is 297 g/mol. The molecule has 0 saturated carbocycles. The number of anilines is 1. The number of aromatic nitrogens is 4. The molecular formula is C11H15N5OS2. The molecule has 8 heteroatoms. The Labute approximate surface area is 119 Å². The predicted octanol–water partition coefficient (Wildman–Crippen LogP) is 2.01. The number of nitrogens with zero attached hydrogens (tertiary/aromatic N) is 4. The fraction of sp³-hybridized carbons (Fsp3) is 0.455. The second kappa shape index (κ2) is 6.78. The maximum atomic E-state index is 5.86. The van der Waals surface area contributed by atoms with Crippen molar-refractivity contribution in [3.05, 3.63) is 12.0 Å². The van der Waals surface area contributed by atoms with Crippen LogP contribution in [0.1, 0.15) is 12.7 Å². The van der Waals surface area contributed by atoms with Gasteiger partial charge in [0.2, 0.25) is 0 Å². The second-order valence-electron chi connectivity index (χ2n) is 3.63. The normalized spacial score (nSPS) is 10.8. The van der Waals surface area contributed by atoms with Crippen LogP contribution < -0.4 is 5.73 Å². The molecule has 0 aliphatic rings. The Morgan fingerprint density at radius 1 is 1.42 bits per heavy atom. The summed E-state index contributed by atoms with van der Waals surface area (Å²) in [5.74, 6) is 1.95. The molecule has 0 amide bonds. The maximum absolute atomic E-state index is 5.86. The van der Waals surface area contributed by atoms with E-state index in [0.717, 1.165) is 27.3 Å².